The van der Waals surface area contributed by atoms with E-state index in [0.717, 1.165) is 18.8 Å². The highest BCUT2D eigenvalue weighted by Gasteiger charge is 2.59. The molecule has 2 aliphatic rings. The van der Waals surface area contributed by atoms with Crippen molar-refractivity contribution >= 4 is 17.2 Å². The Balaban J connectivity index is 1.64. The molecule has 3 rings (SSSR count). The maximum absolute atomic E-state index is 12.0. The van der Waals surface area contributed by atoms with Crippen molar-refractivity contribution in [3.8, 4) is 0 Å². The van der Waals surface area contributed by atoms with Crippen molar-refractivity contribution in [2.45, 2.75) is 13.8 Å². The van der Waals surface area contributed by atoms with Gasteiger partial charge < -0.3 is 4.90 Å². The topological polar surface area (TPSA) is 63.5 Å². The summed E-state index contributed by atoms with van der Waals surface area (Å²) in [6.07, 6.45) is 0. The number of hydrogen-bond donors (Lipinski definition) is 0. The maximum Gasteiger partial charge on any atom is 0.269 e. The average molecular weight is 274 g/mol. The van der Waals surface area contributed by atoms with Crippen LogP contribution < -0.4 is 4.90 Å². The van der Waals surface area contributed by atoms with Crippen LogP contribution >= 0.6 is 0 Å². The van der Waals surface area contributed by atoms with Crippen LogP contribution in [-0.2, 0) is 4.79 Å². The molecule has 1 aromatic carbocycles. The van der Waals surface area contributed by atoms with Crippen molar-refractivity contribution in [3.63, 3.8) is 0 Å². The van der Waals surface area contributed by atoms with Crippen molar-refractivity contribution in [2.75, 3.05) is 18.0 Å². The molecule has 5 nitrogen and oxygen atoms in total. The minimum absolute atomic E-state index is 0.117. The highest BCUT2D eigenvalue weighted by atomic mass is 16.6. The Bertz CT molecular complexity index is 541. The number of rotatable bonds is 4. The summed E-state index contributed by atoms with van der Waals surface area (Å²) in [6, 6.07) is 6.66. The largest absolute Gasteiger partial charge is 0.371 e. The van der Waals surface area contributed by atoms with Crippen molar-refractivity contribution in [1.29, 1.82) is 0 Å². The minimum atomic E-state index is -0.386. The number of carbonyl (C=O) groups is 1. The van der Waals surface area contributed by atoms with Gasteiger partial charge in [0.1, 0.15) is 5.78 Å². The Morgan fingerprint density at radius 2 is 1.80 bits per heavy atom. The molecule has 0 radical (unpaired) electrons. The summed E-state index contributed by atoms with van der Waals surface area (Å²) in [5.74, 6) is 1.74. The molecule has 1 heterocycles. The summed E-state index contributed by atoms with van der Waals surface area (Å²) >= 11 is 0. The lowest BCUT2D eigenvalue weighted by Gasteiger charge is -2.22. The predicted octanol–water partition coefficient (Wildman–Crippen LogP) is 2.50. The van der Waals surface area contributed by atoms with E-state index in [-0.39, 0.29) is 22.4 Å². The Hall–Kier alpha value is -1.91. The first-order valence-corrected chi connectivity index (χ1v) is 7.02. The van der Waals surface area contributed by atoms with Gasteiger partial charge in [-0.1, -0.05) is 13.8 Å². The van der Waals surface area contributed by atoms with Crippen LogP contribution in [0.15, 0.2) is 24.3 Å². The molecule has 0 aromatic heterocycles. The molecule has 20 heavy (non-hydrogen) atoms. The number of fused-ring (bicyclic) bond motifs is 1. The van der Waals surface area contributed by atoms with E-state index in [4.69, 9.17) is 0 Å². The SMILES string of the molecule is CC(C)C(=O)C1[C@H]2CN(c3ccc([N+](=O)[O-])cc3)C[C@H]12. The number of nitrogens with zero attached hydrogens (tertiary/aromatic N) is 2. The number of anilines is 1. The summed E-state index contributed by atoms with van der Waals surface area (Å²) in [5, 5.41) is 10.6. The lowest BCUT2D eigenvalue weighted by molar-refractivity contribution is -0.384. The smallest absolute Gasteiger partial charge is 0.269 e. The van der Waals surface area contributed by atoms with E-state index in [1.807, 2.05) is 13.8 Å². The van der Waals surface area contributed by atoms with Gasteiger partial charge in [0.15, 0.2) is 0 Å². The summed E-state index contributed by atoms with van der Waals surface area (Å²) in [6.45, 7) is 5.71. The molecule has 0 amide bonds. The van der Waals surface area contributed by atoms with Crippen molar-refractivity contribution in [3.05, 3.63) is 34.4 Å². The highest BCUT2D eigenvalue weighted by Crippen LogP contribution is 2.53. The van der Waals surface area contributed by atoms with Gasteiger partial charge in [0.25, 0.3) is 5.69 Å². The number of non-ortho nitro benzene ring substituents is 1. The average Bonchev–Trinajstić information content (AvgIpc) is 2.91. The van der Waals surface area contributed by atoms with Crippen LogP contribution in [0.5, 0.6) is 0 Å². The third kappa shape index (κ3) is 2.07. The third-order valence-corrected chi connectivity index (χ3v) is 4.52. The van der Waals surface area contributed by atoms with E-state index in [1.54, 1.807) is 12.1 Å². The van der Waals surface area contributed by atoms with Crippen LogP contribution in [0.1, 0.15) is 13.8 Å². The van der Waals surface area contributed by atoms with Gasteiger partial charge in [-0.15, -0.1) is 0 Å². The van der Waals surface area contributed by atoms with E-state index >= 15 is 0 Å². The van der Waals surface area contributed by atoms with Crippen LogP contribution in [0.2, 0.25) is 0 Å². The Morgan fingerprint density at radius 3 is 2.25 bits per heavy atom. The fraction of sp³-hybridized carbons (Fsp3) is 0.533. The molecule has 0 unspecified atom stereocenters. The van der Waals surface area contributed by atoms with E-state index in [0.29, 0.717) is 17.6 Å². The van der Waals surface area contributed by atoms with Crippen LogP contribution in [-0.4, -0.2) is 23.8 Å². The van der Waals surface area contributed by atoms with Gasteiger partial charge >= 0.3 is 0 Å². The van der Waals surface area contributed by atoms with Gasteiger partial charge in [-0.3, -0.25) is 14.9 Å². The number of Topliss-reactive ketones (excluding diaryl/α,β-unsaturated/α-hetero) is 1. The van der Waals surface area contributed by atoms with Gasteiger partial charge in [0, 0.05) is 42.7 Å². The molecule has 1 saturated heterocycles. The lowest BCUT2D eigenvalue weighted by atomic mass is 10.0. The molecule has 2 atom stereocenters. The molecule has 106 valence electrons. The second kappa shape index (κ2) is 4.58. The number of hydrogen-bond acceptors (Lipinski definition) is 4. The van der Waals surface area contributed by atoms with Gasteiger partial charge in [-0.05, 0) is 24.0 Å². The number of nitro benzene ring substituents is 1. The molecule has 1 saturated carbocycles. The number of carbonyl (C=O) groups excluding carboxylic acids is 1. The Morgan fingerprint density at radius 1 is 1.25 bits per heavy atom. The summed E-state index contributed by atoms with van der Waals surface area (Å²) in [5.41, 5.74) is 1.13. The molecule has 0 bridgehead atoms. The molecule has 5 heteroatoms. The maximum atomic E-state index is 12.0. The summed E-state index contributed by atoms with van der Waals surface area (Å²) in [7, 11) is 0. The predicted molar refractivity (Wildman–Crippen MR) is 75.6 cm³/mol. The molecule has 0 N–H and O–H groups in total. The molecular weight excluding hydrogens is 256 g/mol. The van der Waals surface area contributed by atoms with Crippen molar-refractivity contribution in [1.82, 2.24) is 0 Å². The van der Waals surface area contributed by atoms with Crippen molar-refractivity contribution < 1.29 is 9.72 Å². The highest BCUT2D eigenvalue weighted by molar-refractivity contribution is 5.86. The fourth-order valence-corrected chi connectivity index (χ4v) is 3.33. The van der Waals surface area contributed by atoms with Gasteiger partial charge in [0.2, 0.25) is 0 Å². The molecule has 0 spiro atoms. The second-order valence-corrected chi connectivity index (χ2v) is 6.09. The summed E-state index contributed by atoms with van der Waals surface area (Å²) < 4.78 is 0. The number of nitro groups is 1. The molecule has 1 aromatic rings. The van der Waals surface area contributed by atoms with E-state index in [9.17, 15) is 14.9 Å². The van der Waals surface area contributed by atoms with Crippen LogP contribution in [0.25, 0.3) is 0 Å². The standard InChI is InChI=1S/C15H18N2O3/c1-9(2)15(18)14-12-7-16(8-13(12)14)10-3-5-11(6-4-10)17(19)20/h3-6,9,12-14H,7-8H2,1-2H3/t12-,13-/m0/s1. The number of benzene rings is 1. The molecule has 1 aliphatic heterocycles. The quantitative estimate of drug-likeness (QED) is 0.625. The fourth-order valence-electron chi connectivity index (χ4n) is 3.33. The number of piperidine rings is 1. The molecule has 1 aliphatic carbocycles. The van der Waals surface area contributed by atoms with E-state index < -0.39 is 0 Å². The van der Waals surface area contributed by atoms with E-state index in [2.05, 4.69) is 4.90 Å². The van der Waals surface area contributed by atoms with Gasteiger partial charge in [-0.2, -0.15) is 0 Å². The van der Waals surface area contributed by atoms with Gasteiger partial charge in [0.05, 0.1) is 4.92 Å². The second-order valence-electron chi connectivity index (χ2n) is 6.09. The zero-order valence-corrected chi connectivity index (χ0v) is 11.7. The molecular formula is C15H18N2O3. The van der Waals surface area contributed by atoms with E-state index in [1.165, 1.54) is 12.1 Å². The summed E-state index contributed by atoms with van der Waals surface area (Å²) in [4.78, 5) is 24.5. The van der Waals surface area contributed by atoms with Gasteiger partial charge in [-0.25, -0.2) is 0 Å². The van der Waals surface area contributed by atoms with Crippen LogP contribution in [0, 0.1) is 33.8 Å². The minimum Gasteiger partial charge on any atom is -0.371 e. The number of ketones is 1. The van der Waals surface area contributed by atoms with Crippen molar-refractivity contribution in [2.24, 2.45) is 23.7 Å². The monoisotopic (exact) mass is 274 g/mol. The first-order chi connectivity index (χ1) is 9.49. The first kappa shape index (κ1) is 13.1. The third-order valence-electron chi connectivity index (χ3n) is 4.52. The first-order valence-electron chi connectivity index (χ1n) is 7.02. The zero-order valence-electron chi connectivity index (χ0n) is 11.7. The zero-order chi connectivity index (χ0) is 14.4. The Kier molecular flexibility index (Phi) is 3.00. The lowest BCUT2D eigenvalue weighted by Crippen LogP contribution is -2.27. The van der Waals surface area contributed by atoms with Crippen LogP contribution in [0.3, 0.4) is 0 Å². The molecule has 2 fully saturated rings. The van der Waals surface area contributed by atoms with Crippen LogP contribution in [0.4, 0.5) is 11.4 Å². The normalized spacial score (nSPS) is 27.6. The Labute approximate surface area is 117 Å².